The molecule has 1 unspecified atom stereocenters. The number of ether oxygens (including phenoxy) is 1. The second-order valence-electron chi connectivity index (χ2n) is 6.93. The fraction of sp³-hybridized carbons (Fsp3) is 0.682. The summed E-state index contributed by atoms with van der Waals surface area (Å²) in [7, 11) is 1.63. The van der Waals surface area contributed by atoms with Crippen LogP contribution >= 0.6 is 0 Å². The van der Waals surface area contributed by atoms with E-state index in [2.05, 4.69) is 47.7 Å². The van der Waals surface area contributed by atoms with Crippen LogP contribution in [0.2, 0.25) is 0 Å². The van der Waals surface area contributed by atoms with E-state index in [9.17, 15) is 0 Å². The van der Waals surface area contributed by atoms with Gasteiger partial charge in [-0.15, -0.1) is 0 Å². The van der Waals surface area contributed by atoms with Crippen molar-refractivity contribution in [1.29, 1.82) is 0 Å². The van der Waals surface area contributed by atoms with Crippen LogP contribution in [-0.2, 0) is 32.7 Å². The van der Waals surface area contributed by atoms with Gasteiger partial charge in [-0.2, -0.15) is 4.98 Å². The fourth-order valence-electron chi connectivity index (χ4n) is 2.99. The quantitative estimate of drug-likeness (QED) is 0.528. The van der Waals surface area contributed by atoms with E-state index in [1.807, 2.05) is 25.1 Å². The summed E-state index contributed by atoms with van der Waals surface area (Å²) in [5.41, 5.74) is 1.07. The van der Waals surface area contributed by atoms with Crippen molar-refractivity contribution in [2.45, 2.75) is 87.7 Å². The first-order valence-electron chi connectivity index (χ1n) is 8.99. The van der Waals surface area contributed by atoms with Crippen molar-refractivity contribution in [1.82, 2.24) is 20.0 Å². The van der Waals surface area contributed by atoms with Gasteiger partial charge in [0.15, 0.2) is 5.82 Å². The molecule has 6 nitrogen and oxygen atoms in total. The van der Waals surface area contributed by atoms with E-state index in [0.29, 0.717) is 23.9 Å². The largest absolute Gasteiger partial charge is 0.481 e. The molecule has 0 aromatic carbocycles. The minimum absolute atomic E-state index is 0. The monoisotopic (exact) mass is 483 g/mol. The molecule has 0 aliphatic carbocycles. The summed E-state index contributed by atoms with van der Waals surface area (Å²) in [4.78, 5) is 11.0. The number of hydrogen-bond donors (Lipinski definition) is 0. The molecular formula is C22H42N4O2Y. The number of hydrogen-bond acceptors (Lipinski definition) is 6. The number of likely N-dealkylation sites (tertiary alicyclic amines) is 1. The summed E-state index contributed by atoms with van der Waals surface area (Å²) >= 11 is 0. The Kier molecular flexibility index (Phi) is 18.0. The zero-order valence-electron chi connectivity index (χ0n) is 16.8. The molecule has 1 atom stereocenters. The van der Waals surface area contributed by atoms with Crippen molar-refractivity contribution in [3.05, 3.63) is 35.6 Å². The minimum atomic E-state index is 0. The molecule has 1 fully saturated rings. The molecular weight excluding hydrogens is 441 g/mol. The molecule has 0 amide bonds. The SMILES string of the molecule is C.C.C.COc1cccc(C(C)C)n1.Cc1noc(C2CCCN2C(C)C)n1.[Y]. The van der Waals surface area contributed by atoms with Gasteiger partial charge in [0, 0.05) is 50.5 Å². The maximum absolute atomic E-state index is 5.23. The van der Waals surface area contributed by atoms with Gasteiger partial charge in [0.05, 0.1) is 13.2 Å². The Balaban J connectivity index is -0.000000419. The average Bonchev–Trinajstić information content (AvgIpc) is 3.24. The Labute approximate surface area is 204 Å². The standard InChI is InChI=1S/C10H17N3O.C9H13NO.3CH4.Y/c1-7(2)13-6-4-5-9(13)10-11-8(3)12-14-10;1-7(2)8-5-4-6-9(10-8)11-3;;;;/h7,9H,4-6H2,1-3H3;4-7H,1-3H3;3*1H4;. The topological polar surface area (TPSA) is 64.3 Å². The number of rotatable bonds is 4. The van der Waals surface area contributed by atoms with Crippen LogP contribution in [0.1, 0.15) is 92.2 Å². The van der Waals surface area contributed by atoms with Gasteiger partial charge in [-0.05, 0) is 52.1 Å². The van der Waals surface area contributed by atoms with Crippen molar-refractivity contribution < 1.29 is 42.0 Å². The van der Waals surface area contributed by atoms with Crippen LogP contribution in [0.25, 0.3) is 0 Å². The Bertz CT molecular complexity index is 662. The second kappa shape index (κ2) is 15.9. The molecule has 3 heterocycles. The maximum Gasteiger partial charge on any atom is 0.243 e. The molecule has 1 aliphatic rings. The van der Waals surface area contributed by atoms with Crippen molar-refractivity contribution in [2.75, 3.05) is 13.7 Å². The molecule has 0 saturated carbocycles. The third kappa shape index (κ3) is 9.67. The van der Waals surface area contributed by atoms with Gasteiger partial charge in [-0.1, -0.05) is 47.4 Å². The van der Waals surface area contributed by atoms with E-state index in [-0.39, 0.29) is 55.0 Å². The van der Waals surface area contributed by atoms with Gasteiger partial charge < -0.3 is 9.26 Å². The van der Waals surface area contributed by atoms with Gasteiger partial charge in [-0.3, -0.25) is 4.90 Å². The predicted molar refractivity (Wildman–Crippen MR) is 118 cm³/mol. The van der Waals surface area contributed by atoms with Crippen LogP contribution in [0.15, 0.2) is 22.7 Å². The zero-order valence-corrected chi connectivity index (χ0v) is 19.6. The molecule has 1 radical (unpaired) electrons. The molecule has 0 spiro atoms. The van der Waals surface area contributed by atoms with Crippen LogP contribution < -0.4 is 4.74 Å². The third-order valence-electron chi connectivity index (χ3n) is 4.33. The number of pyridine rings is 1. The smallest absolute Gasteiger partial charge is 0.243 e. The van der Waals surface area contributed by atoms with Gasteiger partial charge >= 0.3 is 0 Å². The van der Waals surface area contributed by atoms with Gasteiger partial charge in [-0.25, -0.2) is 4.98 Å². The van der Waals surface area contributed by atoms with Crippen molar-refractivity contribution in [3.8, 4) is 5.88 Å². The van der Waals surface area contributed by atoms with E-state index in [1.165, 1.54) is 6.42 Å². The number of methoxy groups -OCH3 is 1. The fourth-order valence-corrected chi connectivity index (χ4v) is 2.99. The van der Waals surface area contributed by atoms with Crippen LogP contribution in [0.5, 0.6) is 5.88 Å². The van der Waals surface area contributed by atoms with Crippen LogP contribution in [0.3, 0.4) is 0 Å². The first-order valence-corrected chi connectivity index (χ1v) is 8.99. The summed E-state index contributed by atoms with van der Waals surface area (Å²) < 4.78 is 10.2. The van der Waals surface area contributed by atoms with Crippen LogP contribution in [0, 0.1) is 6.92 Å². The molecule has 2 aromatic heterocycles. The average molecular weight is 484 g/mol. The minimum Gasteiger partial charge on any atom is -0.481 e. The Morgan fingerprint density at radius 3 is 2.24 bits per heavy atom. The molecule has 29 heavy (non-hydrogen) atoms. The van der Waals surface area contributed by atoms with E-state index >= 15 is 0 Å². The maximum atomic E-state index is 5.23. The summed E-state index contributed by atoms with van der Waals surface area (Å²) in [6.45, 7) is 11.7. The molecule has 2 aromatic rings. The first-order chi connectivity index (χ1) is 11.9. The molecule has 0 bridgehead atoms. The third-order valence-corrected chi connectivity index (χ3v) is 4.33. The van der Waals surface area contributed by atoms with E-state index < -0.39 is 0 Å². The Morgan fingerprint density at radius 2 is 1.76 bits per heavy atom. The van der Waals surface area contributed by atoms with Crippen molar-refractivity contribution in [2.24, 2.45) is 0 Å². The molecule has 7 heteroatoms. The number of nitrogens with zero attached hydrogens (tertiary/aromatic N) is 4. The summed E-state index contributed by atoms with van der Waals surface area (Å²) in [6, 6.07) is 6.71. The summed E-state index contributed by atoms with van der Waals surface area (Å²) in [6.07, 6.45) is 2.37. The second-order valence-corrected chi connectivity index (χ2v) is 6.93. The predicted octanol–water partition coefficient (Wildman–Crippen LogP) is 6.04. The van der Waals surface area contributed by atoms with Gasteiger partial charge in [0.25, 0.3) is 0 Å². The summed E-state index contributed by atoms with van der Waals surface area (Å²) in [5, 5.41) is 3.84. The first kappa shape index (κ1) is 32.8. The zero-order chi connectivity index (χ0) is 18.4. The van der Waals surface area contributed by atoms with E-state index in [4.69, 9.17) is 9.26 Å². The number of aromatic nitrogens is 3. The molecule has 165 valence electrons. The van der Waals surface area contributed by atoms with E-state index in [0.717, 1.165) is 30.4 Å². The molecule has 3 rings (SSSR count). The number of aryl methyl sites for hydroxylation is 1. The van der Waals surface area contributed by atoms with Crippen LogP contribution in [-0.4, -0.2) is 39.7 Å². The molecule has 1 saturated heterocycles. The van der Waals surface area contributed by atoms with Crippen molar-refractivity contribution >= 4 is 0 Å². The van der Waals surface area contributed by atoms with E-state index in [1.54, 1.807) is 7.11 Å². The van der Waals surface area contributed by atoms with Crippen molar-refractivity contribution in [3.63, 3.8) is 0 Å². The van der Waals surface area contributed by atoms with Gasteiger partial charge in [0.1, 0.15) is 0 Å². The Morgan fingerprint density at radius 1 is 1.10 bits per heavy atom. The van der Waals surface area contributed by atoms with Crippen LogP contribution in [0.4, 0.5) is 0 Å². The molecule has 0 N–H and O–H groups in total. The summed E-state index contributed by atoms with van der Waals surface area (Å²) in [5.74, 6) is 2.67. The Hall–Kier alpha value is -0.846. The normalized spacial score (nSPS) is 15.2. The van der Waals surface area contributed by atoms with Gasteiger partial charge in [0.2, 0.25) is 11.8 Å². The molecule has 1 aliphatic heterocycles.